The number of hydrogen-bond acceptors (Lipinski definition) is 11. The molecule has 0 aromatic carbocycles. The van der Waals surface area contributed by atoms with Crippen molar-refractivity contribution in [2.45, 2.75) is 12.5 Å². The Morgan fingerprint density at radius 2 is 1.82 bits per heavy atom. The molecule has 2 aliphatic rings. The van der Waals surface area contributed by atoms with Gasteiger partial charge in [0.1, 0.15) is 5.82 Å². The van der Waals surface area contributed by atoms with Gasteiger partial charge in [0.05, 0.1) is 35.1 Å². The lowest BCUT2D eigenvalue weighted by molar-refractivity contribution is 0.122. The Morgan fingerprint density at radius 3 is 2.59 bits per heavy atom. The molecule has 6 heterocycles. The SMILES string of the molecule is Nc1ncc(-c2nc(N3CCOCC3)c3sc(-c4ccnc(N5CC[C@@H](O)C5)c4)cc3n2)cn1. The maximum absolute atomic E-state index is 9.92. The van der Waals surface area contributed by atoms with E-state index in [4.69, 9.17) is 20.4 Å². The van der Waals surface area contributed by atoms with Gasteiger partial charge in [0.2, 0.25) is 5.95 Å². The highest BCUT2D eigenvalue weighted by Crippen LogP contribution is 2.39. The van der Waals surface area contributed by atoms with Crippen LogP contribution in [0.25, 0.3) is 32.0 Å². The van der Waals surface area contributed by atoms with Gasteiger partial charge in [-0.25, -0.2) is 24.9 Å². The van der Waals surface area contributed by atoms with Crippen molar-refractivity contribution < 1.29 is 9.84 Å². The zero-order valence-corrected chi connectivity index (χ0v) is 19.3. The number of β-amino-alcohol motifs (C(OH)–C–C–N with tert-alkyl or cyclic N) is 1. The minimum absolute atomic E-state index is 0.218. The van der Waals surface area contributed by atoms with Crippen LogP contribution in [0.4, 0.5) is 17.6 Å². The summed E-state index contributed by atoms with van der Waals surface area (Å²) in [5.74, 6) is 2.56. The van der Waals surface area contributed by atoms with E-state index >= 15 is 0 Å². The van der Waals surface area contributed by atoms with Crippen molar-refractivity contribution in [2.24, 2.45) is 0 Å². The van der Waals surface area contributed by atoms with E-state index in [2.05, 4.69) is 36.9 Å². The monoisotopic (exact) mass is 476 g/mol. The topological polar surface area (TPSA) is 126 Å². The Balaban J connectivity index is 1.44. The lowest BCUT2D eigenvalue weighted by Gasteiger charge is -2.28. The summed E-state index contributed by atoms with van der Waals surface area (Å²) < 4.78 is 6.59. The van der Waals surface area contributed by atoms with Crippen molar-refractivity contribution >= 4 is 39.1 Å². The van der Waals surface area contributed by atoms with Crippen LogP contribution in [-0.2, 0) is 4.74 Å². The van der Waals surface area contributed by atoms with Gasteiger partial charge < -0.3 is 25.4 Å². The number of nitrogens with two attached hydrogens (primary N) is 1. The molecular weight excluding hydrogens is 452 g/mol. The Bertz CT molecular complexity index is 1320. The molecule has 0 radical (unpaired) electrons. The maximum atomic E-state index is 9.92. The molecule has 0 spiro atoms. The summed E-state index contributed by atoms with van der Waals surface area (Å²) >= 11 is 1.67. The first-order chi connectivity index (χ1) is 16.6. The Hall–Kier alpha value is -3.41. The molecule has 2 aliphatic heterocycles. The van der Waals surface area contributed by atoms with Gasteiger partial charge in [0, 0.05) is 49.6 Å². The molecule has 4 aromatic heterocycles. The number of morpholine rings is 1. The summed E-state index contributed by atoms with van der Waals surface area (Å²) in [7, 11) is 0. The average Bonchev–Trinajstić information content (AvgIpc) is 3.51. The summed E-state index contributed by atoms with van der Waals surface area (Å²) in [5.41, 5.74) is 8.33. The number of hydrogen-bond donors (Lipinski definition) is 2. The fraction of sp³-hybridized carbons (Fsp3) is 0.348. The Kier molecular flexibility index (Phi) is 5.44. The molecule has 34 heavy (non-hydrogen) atoms. The largest absolute Gasteiger partial charge is 0.391 e. The Morgan fingerprint density at radius 1 is 1.00 bits per heavy atom. The van der Waals surface area contributed by atoms with Crippen molar-refractivity contribution in [1.29, 1.82) is 0 Å². The van der Waals surface area contributed by atoms with E-state index in [9.17, 15) is 5.11 Å². The summed E-state index contributed by atoms with van der Waals surface area (Å²) in [4.78, 5) is 28.0. The number of pyridine rings is 1. The second kappa shape index (κ2) is 8.75. The van der Waals surface area contributed by atoms with Crippen LogP contribution in [0.2, 0.25) is 0 Å². The average molecular weight is 477 g/mol. The molecule has 6 rings (SSSR count). The molecule has 0 aliphatic carbocycles. The van der Waals surface area contributed by atoms with Crippen molar-refractivity contribution in [3.63, 3.8) is 0 Å². The van der Waals surface area contributed by atoms with Gasteiger partial charge in [-0.15, -0.1) is 11.3 Å². The van der Waals surface area contributed by atoms with Gasteiger partial charge in [-0.3, -0.25) is 0 Å². The molecule has 2 saturated heterocycles. The second-order valence-electron chi connectivity index (χ2n) is 8.42. The fourth-order valence-corrected chi connectivity index (χ4v) is 5.43. The zero-order valence-electron chi connectivity index (χ0n) is 18.5. The number of nitrogens with zero attached hydrogens (tertiary/aromatic N) is 7. The van der Waals surface area contributed by atoms with E-state index in [-0.39, 0.29) is 12.1 Å². The van der Waals surface area contributed by atoms with E-state index in [1.54, 1.807) is 23.7 Å². The number of fused-ring (bicyclic) bond motifs is 1. The van der Waals surface area contributed by atoms with E-state index in [0.717, 1.165) is 63.9 Å². The van der Waals surface area contributed by atoms with Crippen molar-refractivity contribution in [3.05, 3.63) is 36.8 Å². The molecule has 174 valence electrons. The number of anilines is 3. The number of nitrogen functional groups attached to an aromatic ring is 1. The first-order valence-corrected chi connectivity index (χ1v) is 12.1. The molecule has 1 atom stereocenters. The van der Waals surface area contributed by atoms with Crippen LogP contribution in [0.1, 0.15) is 6.42 Å². The highest BCUT2D eigenvalue weighted by atomic mass is 32.1. The highest BCUT2D eigenvalue weighted by molar-refractivity contribution is 7.22. The molecule has 0 amide bonds. The zero-order chi connectivity index (χ0) is 23.1. The van der Waals surface area contributed by atoms with Gasteiger partial charge in [-0.05, 0) is 30.2 Å². The molecule has 10 nitrogen and oxygen atoms in total. The number of rotatable bonds is 4. The molecule has 4 aromatic rings. The van der Waals surface area contributed by atoms with Crippen LogP contribution in [-0.4, -0.2) is 75.5 Å². The molecule has 0 unspecified atom stereocenters. The number of aliphatic hydroxyl groups is 1. The summed E-state index contributed by atoms with van der Waals surface area (Å²) in [5, 5.41) is 9.92. The van der Waals surface area contributed by atoms with Crippen LogP contribution >= 0.6 is 11.3 Å². The molecule has 0 saturated carbocycles. The quantitative estimate of drug-likeness (QED) is 0.452. The number of aliphatic hydroxyl groups excluding tert-OH is 1. The lowest BCUT2D eigenvalue weighted by Crippen LogP contribution is -2.36. The normalized spacial score (nSPS) is 18.7. The van der Waals surface area contributed by atoms with E-state index < -0.39 is 0 Å². The van der Waals surface area contributed by atoms with Crippen LogP contribution < -0.4 is 15.5 Å². The molecular formula is C23H24N8O2S. The lowest BCUT2D eigenvalue weighted by atomic mass is 10.2. The Labute approximate surface area is 200 Å². The van der Waals surface area contributed by atoms with E-state index in [1.165, 1.54) is 0 Å². The maximum Gasteiger partial charge on any atom is 0.219 e. The number of aromatic nitrogens is 5. The van der Waals surface area contributed by atoms with E-state index in [0.29, 0.717) is 25.6 Å². The van der Waals surface area contributed by atoms with Crippen molar-refractivity contribution in [1.82, 2.24) is 24.9 Å². The predicted octanol–water partition coefficient (Wildman–Crippen LogP) is 2.20. The van der Waals surface area contributed by atoms with Gasteiger partial charge in [0.25, 0.3) is 0 Å². The van der Waals surface area contributed by atoms with Gasteiger partial charge >= 0.3 is 0 Å². The number of ether oxygens (including phenoxy) is 1. The third kappa shape index (κ3) is 4.02. The standard InChI is InChI=1S/C23H24N8O2S/c24-23-26-11-15(12-27-23)21-28-17-10-18(34-20(17)22(29-21)30-5-7-33-8-6-30)14-1-3-25-19(9-14)31-4-2-16(32)13-31/h1,3,9-12,16,32H,2,4-8,13H2,(H2,24,26,27)/t16-/m1/s1. The molecule has 11 heteroatoms. The first-order valence-electron chi connectivity index (χ1n) is 11.3. The summed E-state index contributed by atoms with van der Waals surface area (Å²) in [6.45, 7) is 4.30. The van der Waals surface area contributed by atoms with Gasteiger partial charge in [-0.1, -0.05) is 0 Å². The van der Waals surface area contributed by atoms with Crippen LogP contribution in [0.5, 0.6) is 0 Å². The summed E-state index contributed by atoms with van der Waals surface area (Å²) in [6, 6.07) is 6.20. The minimum atomic E-state index is -0.295. The predicted molar refractivity (Wildman–Crippen MR) is 132 cm³/mol. The molecule has 0 bridgehead atoms. The molecule has 2 fully saturated rings. The summed E-state index contributed by atoms with van der Waals surface area (Å²) in [6.07, 6.45) is 5.60. The number of thiophene rings is 1. The van der Waals surface area contributed by atoms with Crippen LogP contribution in [0.3, 0.4) is 0 Å². The second-order valence-corrected chi connectivity index (χ2v) is 9.47. The first kappa shape index (κ1) is 21.1. The highest BCUT2D eigenvalue weighted by Gasteiger charge is 2.23. The molecule has 3 N–H and O–H groups in total. The van der Waals surface area contributed by atoms with Crippen LogP contribution in [0.15, 0.2) is 36.8 Å². The fourth-order valence-electron chi connectivity index (χ4n) is 4.32. The van der Waals surface area contributed by atoms with Crippen molar-refractivity contribution in [3.8, 4) is 21.8 Å². The van der Waals surface area contributed by atoms with Crippen molar-refractivity contribution in [2.75, 3.05) is 54.9 Å². The third-order valence-corrected chi connectivity index (χ3v) is 7.28. The van der Waals surface area contributed by atoms with E-state index in [1.807, 2.05) is 12.3 Å². The van der Waals surface area contributed by atoms with Crippen LogP contribution in [0, 0.1) is 0 Å². The van der Waals surface area contributed by atoms with Gasteiger partial charge in [0.15, 0.2) is 11.6 Å². The smallest absolute Gasteiger partial charge is 0.219 e. The third-order valence-electron chi connectivity index (χ3n) is 6.11. The minimum Gasteiger partial charge on any atom is -0.391 e. The van der Waals surface area contributed by atoms with Gasteiger partial charge in [-0.2, -0.15) is 0 Å².